The lowest BCUT2D eigenvalue weighted by Gasteiger charge is -2.40. The largest absolute Gasteiger partial charge is 0.343 e. The molecule has 3 unspecified atom stereocenters. The van der Waals surface area contributed by atoms with Gasteiger partial charge in [-0.3, -0.25) is 9.59 Å². The maximum absolute atomic E-state index is 12.3. The molecule has 1 aliphatic heterocycles. The summed E-state index contributed by atoms with van der Waals surface area (Å²) in [6, 6.07) is -0.842. The molecule has 1 saturated heterocycles. The van der Waals surface area contributed by atoms with Crippen LogP contribution in [0.2, 0.25) is 0 Å². The number of carbonyl (C=O) groups excluding carboxylic acids is 2. The predicted molar refractivity (Wildman–Crippen MR) is 73.5 cm³/mol. The lowest BCUT2D eigenvalue weighted by molar-refractivity contribution is -0.151. The van der Waals surface area contributed by atoms with E-state index < -0.39 is 12.1 Å². The molecular weight excluding hydrogens is 262 g/mol. The van der Waals surface area contributed by atoms with Crippen LogP contribution in [0.1, 0.15) is 32.2 Å². The summed E-state index contributed by atoms with van der Waals surface area (Å²) in [6.07, 6.45) is 2.57. The van der Waals surface area contributed by atoms with Crippen molar-refractivity contribution < 1.29 is 9.59 Å². The number of piperazine rings is 1. The third-order valence-corrected chi connectivity index (χ3v) is 4.35. The summed E-state index contributed by atoms with van der Waals surface area (Å²) in [7, 11) is 0. The zero-order valence-corrected chi connectivity index (χ0v) is 12.2. The summed E-state index contributed by atoms with van der Waals surface area (Å²) in [4.78, 5) is 30.4. The highest BCUT2D eigenvalue weighted by molar-refractivity contribution is 7.09. The quantitative estimate of drug-likeness (QED) is 0.907. The van der Waals surface area contributed by atoms with Crippen molar-refractivity contribution in [2.75, 3.05) is 0 Å². The van der Waals surface area contributed by atoms with E-state index in [0.717, 1.165) is 11.4 Å². The van der Waals surface area contributed by atoms with Crippen LogP contribution in [-0.4, -0.2) is 33.8 Å². The minimum Gasteiger partial charge on any atom is -0.343 e. The molecule has 1 fully saturated rings. The summed E-state index contributed by atoms with van der Waals surface area (Å²) in [5, 5.41) is 5.50. The van der Waals surface area contributed by atoms with Crippen LogP contribution in [0.15, 0.2) is 11.6 Å². The predicted octanol–water partition coefficient (Wildman–Crippen LogP) is 1.40. The highest BCUT2D eigenvalue weighted by atomic mass is 32.1. The van der Waals surface area contributed by atoms with Crippen LogP contribution < -0.4 is 5.32 Å². The van der Waals surface area contributed by atoms with Gasteiger partial charge in [-0.2, -0.15) is 0 Å². The van der Waals surface area contributed by atoms with Crippen molar-refractivity contribution in [2.45, 2.75) is 45.8 Å². The summed E-state index contributed by atoms with van der Waals surface area (Å²) < 4.78 is 0. The van der Waals surface area contributed by atoms with E-state index in [1.807, 2.05) is 19.2 Å². The molecule has 0 spiro atoms. The van der Waals surface area contributed by atoms with Gasteiger partial charge in [-0.15, -0.1) is 11.3 Å². The molecular formula is C13H19N3O2S. The average Bonchev–Trinajstić information content (AvgIpc) is 2.88. The maximum Gasteiger partial charge on any atom is 0.245 e. The number of amides is 2. The van der Waals surface area contributed by atoms with Gasteiger partial charge in [-0.05, 0) is 12.8 Å². The first kappa shape index (κ1) is 14.0. The summed E-state index contributed by atoms with van der Waals surface area (Å²) in [5.41, 5.74) is 0. The van der Waals surface area contributed by atoms with Crippen LogP contribution in [0.4, 0.5) is 0 Å². The van der Waals surface area contributed by atoms with Crippen molar-refractivity contribution in [3.63, 3.8) is 0 Å². The number of hydrogen-bond donors (Lipinski definition) is 1. The molecule has 2 amide bonds. The molecule has 0 bridgehead atoms. The number of nitrogens with one attached hydrogen (secondary N) is 1. The Morgan fingerprint density at radius 3 is 2.84 bits per heavy atom. The molecule has 1 aliphatic rings. The lowest BCUT2D eigenvalue weighted by Crippen LogP contribution is -2.63. The number of carbonyl (C=O) groups is 2. The Morgan fingerprint density at radius 1 is 1.53 bits per heavy atom. The minimum absolute atomic E-state index is 0.0277. The Hall–Kier alpha value is -1.43. The molecule has 1 aromatic rings. The first-order valence-electron chi connectivity index (χ1n) is 6.53. The topological polar surface area (TPSA) is 62.3 Å². The highest BCUT2D eigenvalue weighted by Gasteiger charge is 2.41. The molecule has 1 N–H and O–H groups in total. The van der Waals surface area contributed by atoms with Crippen molar-refractivity contribution >= 4 is 23.2 Å². The van der Waals surface area contributed by atoms with Gasteiger partial charge in [0.15, 0.2) is 0 Å². The molecule has 0 radical (unpaired) electrons. The van der Waals surface area contributed by atoms with E-state index in [1.54, 1.807) is 18.0 Å². The van der Waals surface area contributed by atoms with Gasteiger partial charge >= 0.3 is 0 Å². The lowest BCUT2D eigenvalue weighted by atomic mass is 9.93. The van der Waals surface area contributed by atoms with E-state index in [-0.39, 0.29) is 17.7 Å². The zero-order chi connectivity index (χ0) is 14.0. The second-order valence-corrected chi connectivity index (χ2v) is 5.93. The van der Waals surface area contributed by atoms with Gasteiger partial charge in [0.05, 0.1) is 6.54 Å². The first-order valence-corrected chi connectivity index (χ1v) is 7.41. The molecule has 1 aromatic heterocycles. The van der Waals surface area contributed by atoms with Crippen molar-refractivity contribution in [1.82, 2.24) is 15.2 Å². The molecule has 104 valence electrons. The standard InChI is InChI=1S/C13H19N3O2S/c1-4-8(2)11-12(17)15-9(3)13(18)16(11)7-10-14-5-6-19-10/h5-6,8-9,11H,4,7H2,1-3H3,(H,15,17). The van der Waals surface area contributed by atoms with Crippen LogP contribution >= 0.6 is 11.3 Å². The van der Waals surface area contributed by atoms with E-state index in [4.69, 9.17) is 0 Å². The van der Waals surface area contributed by atoms with Crippen molar-refractivity contribution in [3.8, 4) is 0 Å². The van der Waals surface area contributed by atoms with Crippen LogP contribution in [0.5, 0.6) is 0 Å². The Labute approximate surface area is 117 Å². The van der Waals surface area contributed by atoms with Crippen LogP contribution in [-0.2, 0) is 16.1 Å². The van der Waals surface area contributed by atoms with Gasteiger partial charge in [0.1, 0.15) is 17.1 Å². The summed E-state index contributed by atoms with van der Waals surface area (Å²) >= 11 is 1.51. The van der Waals surface area contributed by atoms with E-state index in [2.05, 4.69) is 10.3 Å². The monoisotopic (exact) mass is 281 g/mol. The summed E-state index contributed by atoms with van der Waals surface area (Å²) in [6.45, 7) is 6.18. The van der Waals surface area contributed by atoms with Gasteiger partial charge in [0, 0.05) is 11.6 Å². The molecule has 5 nitrogen and oxygen atoms in total. The fraction of sp³-hybridized carbons (Fsp3) is 0.615. The SMILES string of the molecule is CCC(C)C1C(=O)NC(C)C(=O)N1Cc1nccs1. The number of aromatic nitrogens is 1. The molecule has 3 atom stereocenters. The third-order valence-electron chi connectivity index (χ3n) is 3.59. The molecule has 0 saturated carbocycles. The van der Waals surface area contributed by atoms with Crippen molar-refractivity contribution in [2.24, 2.45) is 5.92 Å². The van der Waals surface area contributed by atoms with Gasteiger partial charge < -0.3 is 10.2 Å². The van der Waals surface area contributed by atoms with Crippen LogP contribution in [0, 0.1) is 5.92 Å². The smallest absolute Gasteiger partial charge is 0.245 e. The van der Waals surface area contributed by atoms with Gasteiger partial charge in [-0.25, -0.2) is 4.98 Å². The Bertz CT molecular complexity index is 460. The molecule has 2 rings (SSSR count). The van der Waals surface area contributed by atoms with Crippen LogP contribution in [0.3, 0.4) is 0 Å². The van der Waals surface area contributed by atoms with Crippen molar-refractivity contribution in [3.05, 3.63) is 16.6 Å². The second kappa shape index (κ2) is 5.69. The number of hydrogen-bond acceptors (Lipinski definition) is 4. The fourth-order valence-corrected chi connectivity index (χ4v) is 2.94. The fourth-order valence-electron chi connectivity index (χ4n) is 2.33. The van der Waals surface area contributed by atoms with Gasteiger partial charge in [-0.1, -0.05) is 20.3 Å². The van der Waals surface area contributed by atoms with Gasteiger partial charge in [0.25, 0.3) is 0 Å². The van der Waals surface area contributed by atoms with Crippen molar-refractivity contribution in [1.29, 1.82) is 0 Å². The Morgan fingerprint density at radius 2 is 2.26 bits per heavy atom. The second-order valence-electron chi connectivity index (χ2n) is 4.95. The van der Waals surface area contributed by atoms with E-state index in [0.29, 0.717) is 6.54 Å². The number of rotatable bonds is 4. The average molecular weight is 281 g/mol. The number of nitrogens with zero attached hydrogens (tertiary/aromatic N) is 2. The Kier molecular flexibility index (Phi) is 4.19. The Balaban J connectivity index is 2.25. The first-order chi connectivity index (χ1) is 9.04. The molecule has 0 aliphatic carbocycles. The minimum atomic E-state index is -0.451. The van der Waals surface area contributed by atoms with E-state index in [9.17, 15) is 9.59 Å². The third kappa shape index (κ3) is 2.78. The van der Waals surface area contributed by atoms with E-state index in [1.165, 1.54) is 11.3 Å². The summed E-state index contributed by atoms with van der Waals surface area (Å²) in [5.74, 6) is 0.0505. The van der Waals surface area contributed by atoms with Gasteiger partial charge in [0.2, 0.25) is 11.8 Å². The molecule has 2 heterocycles. The molecule has 19 heavy (non-hydrogen) atoms. The maximum atomic E-state index is 12.3. The molecule has 0 aromatic carbocycles. The van der Waals surface area contributed by atoms with Crippen LogP contribution in [0.25, 0.3) is 0 Å². The normalized spacial score (nSPS) is 25.3. The highest BCUT2D eigenvalue weighted by Crippen LogP contribution is 2.22. The zero-order valence-electron chi connectivity index (χ0n) is 11.4. The molecule has 6 heteroatoms. The number of thiazole rings is 1. The van der Waals surface area contributed by atoms with E-state index >= 15 is 0 Å².